The van der Waals surface area contributed by atoms with Gasteiger partial charge in [-0.2, -0.15) is 5.10 Å². The zero-order valence-corrected chi connectivity index (χ0v) is 50.8. The molecule has 3 fully saturated rings. The molecule has 2 aromatic heterocycles. The normalized spacial score (nSPS) is 25.2. The lowest BCUT2D eigenvalue weighted by molar-refractivity contribution is -0.433. The Labute approximate surface area is 526 Å². The number of nitrogens with two attached hydrogens (primary N) is 1. The van der Waals surface area contributed by atoms with E-state index in [2.05, 4.69) is 42.9 Å². The smallest absolute Gasteiger partial charge is 0.261 e. The maximum absolute atomic E-state index is 14.7. The fourth-order valence-electron chi connectivity index (χ4n) is 10.7. The van der Waals surface area contributed by atoms with Crippen molar-refractivity contribution in [2.24, 2.45) is 11.7 Å². The maximum atomic E-state index is 14.7. The third-order valence-corrected chi connectivity index (χ3v) is 16.9. The van der Waals surface area contributed by atoms with Crippen LogP contribution in [0.25, 0.3) is 26.8 Å². The molecular formula is C57H71N11O21S2. The van der Waals surface area contributed by atoms with Gasteiger partial charge < -0.3 is 91.9 Å². The fraction of sp³-hybridized carbons (Fsp3) is 0.474. The maximum Gasteiger partial charge on any atom is 0.261 e. The van der Waals surface area contributed by atoms with Gasteiger partial charge in [0.2, 0.25) is 46.3 Å². The van der Waals surface area contributed by atoms with E-state index in [9.17, 15) is 79.2 Å². The topological polar surface area (TPSA) is 478 Å². The molecule has 32 nitrogen and oxygen atoms in total. The molecule has 3 aliphatic rings. The molecule has 8 amide bonds. The molecule has 13 unspecified atom stereocenters. The number of carbonyl (C=O) groups excluding carboxylic acids is 8. The van der Waals surface area contributed by atoms with Gasteiger partial charge in [-0.25, -0.2) is 14.8 Å². The SMILES string of the molecule is CCCCCOc1cccc(-c2nn3cc(-c4ccc(C(=O)N[C@H]5CC(O)CNC(=O)C6C(O)C(C)CN6C(=O)C(C(O)CC(N)=O)NC(=O)C(C(O)C(O)c6ccc(O)c(OSOOO)c6)NC(=O)C6CC(O)CN6C(=O)C(C(C)O)NC5=O)cc4)nc3s2)c1. The van der Waals surface area contributed by atoms with Crippen LogP contribution in [0.1, 0.15) is 81.3 Å². The highest BCUT2D eigenvalue weighted by Crippen LogP contribution is 2.35. The quantitative estimate of drug-likeness (QED) is 0.0175. The molecule has 5 aromatic rings. The van der Waals surface area contributed by atoms with Gasteiger partial charge in [0.05, 0.1) is 55.4 Å². The molecule has 91 heavy (non-hydrogen) atoms. The number of unbranched alkanes of at least 4 members (excludes halogenated alkanes) is 2. The van der Waals surface area contributed by atoms with Crippen molar-refractivity contribution in [3.8, 4) is 39.1 Å². The number of ether oxygens (including phenoxy) is 1. The summed E-state index contributed by atoms with van der Waals surface area (Å²) in [4.78, 5) is 120. The molecule has 0 aliphatic carbocycles. The molecule has 34 heteroatoms. The first kappa shape index (κ1) is 68.8. The summed E-state index contributed by atoms with van der Waals surface area (Å²) in [6.07, 6.45) is -11.4. The molecule has 0 bridgehead atoms. The van der Waals surface area contributed by atoms with Gasteiger partial charge in [0.25, 0.3) is 18.2 Å². The number of hydrogen-bond acceptors (Lipinski definition) is 25. The number of phenolic OH excluding ortho intramolecular Hbond substituents is 1. The van der Waals surface area contributed by atoms with E-state index in [1.165, 1.54) is 30.4 Å². The van der Waals surface area contributed by atoms with Crippen molar-refractivity contribution in [1.82, 2.24) is 51.0 Å². The third-order valence-electron chi connectivity index (χ3n) is 15.5. The number of rotatable bonds is 20. The first-order chi connectivity index (χ1) is 43.4. The van der Waals surface area contributed by atoms with Gasteiger partial charge in [-0.1, -0.05) is 77.7 Å². The predicted octanol–water partition coefficient (Wildman–Crippen LogP) is -1.92. The van der Waals surface area contributed by atoms with Gasteiger partial charge in [-0.3, -0.25) is 38.4 Å². The summed E-state index contributed by atoms with van der Waals surface area (Å²) < 4.78 is 16.7. The van der Waals surface area contributed by atoms with Crippen molar-refractivity contribution < 1.29 is 103 Å². The van der Waals surface area contributed by atoms with Crippen molar-refractivity contribution in [2.75, 3.05) is 26.2 Å². The molecule has 16 N–H and O–H groups in total. The molecule has 8 rings (SSSR count). The van der Waals surface area contributed by atoms with Crippen LogP contribution in [-0.4, -0.2) is 217 Å². The Hall–Kier alpha value is -8.13. The average molecular weight is 1310 g/mol. The predicted molar refractivity (Wildman–Crippen MR) is 318 cm³/mol. The molecule has 3 aromatic carbocycles. The van der Waals surface area contributed by atoms with Crippen molar-refractivity contribution in [2.45, 2.75) is 138 Å². The number of aromatic nitrogens is 3. The molecule has 492 valence electrons. The lowest BCUT2D eigenvalue weighted by atomic mass is 9.96. The summed E-state index contributed by atoms with van der Waals surface area (Å²) in [5.74, 6) is -11.2. The van der Waals surface area contributed by atoms with Gasteiger partial charge >= 0.3 is 0 Å². The van der Waals surface area contributed by atoms with Gasteiger partial charge in [0.15, 0.2) is 11.5 Å². The number of amides is 8. The summed E-state index contributed by atoms with van der Waals surface area (Å²) in [6.45, 7) is 3.39. The minimum atomic E-state index is -2.53. The summed E-state index contributed by atoms with van der Waals surface area (Å²) in [5, 5.41) is 119. The van der Waals surface area contributed by atoms with Gasteiger partial charge in [0.1, 0.15) is 59.2 Å². The van der Waals surface area contributed by atoms with Crippen molar-refractivity contribution >= 4 is 75.9 Å². The molecule has 3 saturated heterocycles. The lowest BCUT2D eigenvalue weighted by Crippen LogP contribution is -2.64. The molecule has 0 saturated carbocycles. The van der Waals surface area contributed by atoms with Crippen LogP contribution in [0, 0.1) is 5.92 Å². The van der Waals surface area contributed by atoms with Crippen LogP contribution < -0.4 is 41.2 Å². The number of β-amino-alcohol motifs (C(OH)–C–C–N with tert-alkyl or cyclic N) is 1. The highest BCUT2D eigenvalue weighted by atomic mass is 32.2. The zero-order valence-electron chi connectivity index (χ0n) is 49.1. The van der Waals surface area contributed by atoms with Crippen molar-refractivity contribution in [1.29, 1.82) is 0 Å². The van der Waals surface area contributed by atoms with Crippen LogP contribution in [0.5, 0.6) is 17.2 Å². The number of hydrogen-bond donors (Lipinski definition) is 15. The minimum absolute atomic E-state index is 0.0129. The second kappa shape index (κ2) is 30.8. The van der Waals surface area contributed by atoms with E-state index in [-0.39, 0.29) is 23.5 Å². The molecule has 0 spiro atoms. The van der Waals surface area contributed by atoms with E-state index in [4.69, 9.17) is 30.0 Å². The van der Waals surface area contributed by atoms with E-state index in [0.29, 0.717) is 27.8 Å². The number of imidazole rings is 1. The number of carbonyl (C=O) groups is 8. The monoisotopic (exact) mass is 1310 g/mol. The molecule has 5 heterocycles. The number of fused-ring (bicyclic) bond motifs is 3. The Morgan fingerprint density at radius 1 is 0.835 bits per heavy atom. The second-order valence-corrected chi connectivity index (χ2v) is 23.7. The van der Waals surface area contributed by atoms with Crippen LogP contribution in [0.2, 0.25) is 0 Å². The Balaban J connectivity index is 1.09. The highest BCUT2D eigenvalue weighted by molar-refractivity contribution is 7.90. The summed E-state index contributed by atoms with van der Waals surface area (Å²) >= 11 is 1.32. The number of primary amides is 1. The number of benzene rings is 3. The summed E-state index contributed by atoms with van der Waals surface area (Å²) in [5.41, 5.74) is 6.94. The highest BCUT2D eigenvalue weighted by Gasteiger charge is 2.50. The standard InChI is InChI=1S/C57H71N11O21S2/c1-4-5-6-16-86-34-9-7-8-31(17-34)54-65-68-25-36(61-57(68)90-54)28-10-12-29(13-11-28)49(78)60-35-19-32(70)22-59-53(82)45-46(75)26(2)23-67(45)56(84)43(39(73)21-41(58)74)63-52(81)44(48(77)47(76)30-14-15-38(72)40(18-30)87-91-89-88-85)64-51(80)37-20-33(71)24-66(37)55(83)42(27(3)69)62-50(35)79/h7-15,17-18,25-27,32-33,35,37,39,42-48,69-73,75-77,85H,4-6,16,19-24H2,1-3H3,(H2,58,74)(H,59,82)(H,60,78)(H,62,79)(H,63,81)(H,64,80)/t26?,27?,32?,33?,35-,37?,39?,42?,43?,44?,45?,46?,47?,48?/m0/s1. The van der Waals surface area contributed by atoms with Crippen LogP contribution in [0.15, 0.2) is 72.9 Å². The van der Waals surface area contributed by atoms with Crippen molar-refractivity contribution in [3.05, 3.63) is 84.1 Å². The van der Waals surface area contributed by atoms with Gasteiger partial charge in [-0.15, -0.1) is 0 Å². The van der Waals surface area contributed by atoms with E-state index in [1.54, 1.807) is 22.8 Å². The van der Waals surface area contributed by atoms with Gasteiger partial charge in [0, 0.05) is 55.1 Å². The summed E-state index contributed by atoms with van der Waals surface area (Å²) in [7, 11) is 0. The molecular weight excluding hydrogens is 1240 g/mol. The van der Waals surface area contributed by atoms with E-state index in [0.717, 1.165) is 65.5 Å². The lowest BCUT2D eigenvalue weighted by Gasteiger charge is -2.34. The largest absolute Gasteiger partial charge is 0.504 e. The number of aromatic hydroxyl groups is 1. The zero-order chi connectivity index (χ0) is 66.0. The summed E-state index contributed by atoms with van der Waals surface area (Å²) in [6, 6.07) is 4.23. The van der Waals surface area contributed by atoms with Gasteiger partial charge in [-0.05, 0) is 55.3 Å². The van der Waals surface area contributed by atoms with Crippen LogP contribution in [0.3, 0.4) is 0 Å². The average Bonchev–Trinajstić information content (AvgIpc) is 1.75. The Morgan fingerprint density at radius 3 is 2.24 bits per heavy atom. The Morgan fingerprint density at radius 2 is 1.55 bits per heavy atom. The van der Waals surface area contributed by atoms with Crippen LogP contribution >= 0.6 is 23.7 Å². The Bertz CT molecular complexity index is 3400. The molecule has 0 radical (unpaired) electrons. The van der Waals surface area contributed by atoms with E-state index in [1.807, 2.05) is 24.3 Å². The van der Waals surface area contributed by atoms with E-state index >= 15 is 0 Å². The first-order valence-electron chi connectivity index (χ1n) is 28.9. The molecule has 14 atom stereocenters. The second-order valence-electron chi connectivity index (χ2n) is 22.3. The third kappa shape index (κ3) is 16.7. The number of aliphatic hydroxyl groups is 7. The first-order valence-corrected chi connectivity index (χ1v) is 30.4. The number of aliphatic hydroxyl groups excluding tert-OH is 7. The fourth-order valence-corrected chi connectivity index (χ4v) is 11.8. The Kier molecular flexibility index (Phi) is 23.3. The number of nitrogens with zero attached hydrogens (tertiary/aromatic N) is 5. The number of phenols is 1. The van der Waals surface area contributed by atoms with E-state index < -0.39 is 183 Å². The molecule has 3 aliphatic heterocycles. The van der Waals surface area contributed by atoms with Crippen LogP contribution in [0.4, 0.5) is 0 Å². The number of nitrogens with one attached hydrogen (secondary N) is 5. The van der Waals surface area contributed by atoms with Crippen LogP contribution in [-0.2, 0) is 42.9 Å². The minimum Gasteiger partial charge on any atom is -0.504 e. The van der Waals surface area contributed by atoms with Crippen molar-refractivity contribution in [3.63, 3.8) is 0 Å².